The summed E-state index contributed by atoms with van der Waals surface area (Å²) in [6, 6.07) is 4.48. The highest BCUT2D eigenvalue weighted by Crippen LogP contribution is 2.24. The topological polar surface area (TPSA) is 86.9 Å². The fraction of sp³-hybridized carbons (Fsp3) is 0.385. The van der Waals surface area contributed by atoms with Gasteiger partial charge < -0.3 is 20.6 Å². The number of aromatic carboxylic acids is 1. The molecule has 0 aliphatic carbocycles. The molecule has 0 saturated carbocycles. The first-order valence-electron chi connectivity index (χ1n) is 5.94. The first kappa shape index (κ1) is 14.8. The summed E-state index contributed by atoms with van der Waals surface area (Å²) in [4.78, 5) is 26.0. The van der Waals surface area contributed by atoms with Gasteiger partial charge in [-0.1, -0.05) is 0 Å². The zero-order valence-corrected chi connectivity index (χ0v) is 11.4. The van der Waals surface area contributed by atoms with E-state index in [1.807, 2.05) is 6.92 Å². The van der Waals surface area contributed by atoms with Gasteiger partial charge >= 0.3 is 5.97 Å². The third-order valence-corrected chi connectivity index (χ3v) is 2.82. The lowest BCUT2D eigenvalue weighted by atomic mass is 10.1. The number of rotatable bonds is 5. The van der Waals surface area contributed by atoms with E-state index in [1.54, 1.807) is 25.1 Å². The van der Waals surface area contributed by atoms with Crippen molar-refractivity contribution in [2.24, 2.45) is 0 Å². The third-order valence-electron chi connectivity index (χ3n) is 2.82. The highest BCUT2D eigenvalue weighted by atomic mass is 16.4. The lowest BCUT2D eigenvalue weighted by molar-refractivity contribution is -0.127. The van der Waals surface area contributed by atoms with Crippen molar-refractivity contribution in [2.45, 2.75) is 6.92 Å². The van der Waals surface area contributed by atoms with Gasteiger partial charge in [-0.15, -0.1) is 0 Å². The number of amides is 1. The summed E-state index contributed by atoms with van der Waals surface area (Å²) in [6.07, 6.45) is 0. The molecule has 6 heteroatoms. The summed E-state index contributed by atoms with van der Waals surface area (Å²) in [6.45, 7) is 2.61. The Balaban J connectivity index is 3.07. The molecule has 0 aromatic heterocycles. The number of nitrogen functional groups attached to an aromatic ring is 1. The van der Waals surface area contributed by atoms with E-state index in [9.17, 15) is 9.59 Å². The molecule has 0 aliphatic heterocycles. The highest BCUT2D eigenvalue weighted by molar-refractivity contribution is 5.91. The van der Waals surface area contributed by atoms with Crippen molar-refractivity contribution < 1.29 is 14.7 Å². The molecule has 1 aromatic carbocycles. The Kier molecular flexibility index (Phi) is 4.74. The second kappa shape index (κ2) is 6.08. The number of carboxylic acids is 1. The first-order chi connectivity index (χ1) is 8.86. The molecule has 0 heterocycles. The van der Waals surface area contributed by atoms with Crippen molar-refractivity contribution in [3.05, 3.63) is 23.8 Å². The minimum Gasteiger partial charge on any atom is -0.478 e. The molecule has 0 bridgehead atoms. The van der Waals surface area contributed by atoms with E-state index in [4.69, 9.17) is 10.8 Å². The molecule has 0 fully saturated rings. The lowest BCUT2D eigenvalue weighted by Gasteiger charge is -2.25. The Bertz CT molecular complexity index is 486. The predicted molar refractivity (Wildman–Crippen MR) is 74.4 cm³/mol. The van der Waals surface area contributed by atoms with Crippen LogP contribution in [-0.2, 0) is 4.79 Å². The number of anilines is 2. The van der Waals surface area contributed by atoms with Crippen molar-refractivity contribution in [3.8, 4) is 0 Å². The Morgan fingerprint density at radius 1 is 1.32 bits per heavy atom. The van der Waals surface area contributed by atoms with E-state index in [2.05, 4.69) is 0 Å². The van der Waals surface area contributed by atoms with E-state index in [0.717, 1.165) is 0 Å². The van der Waals surface area contributed by atoms with E-state index in [0.29, 0.717) is 17.9 Å². The van der Waals surface area contributed by atoms with E-state index in [1.165, 1.54) is 17.0 Å². The molecule has 0 saturated heterocycles. The molecule has 0 spiro atoms. The smallest absolute Gasteiger partial charge is 0.335 e. The van der Waals surface area contributed by atoms with Gasteiger partial charge in [0.1, 0.15) is 0 Å². The molecule has 1 aromatic rings. The Morgan fingerprint density at radius 3 is 2.42 bits per heavy atom. The predicted octanol–water partition coefficient (Wildman–Crippen LogP) is 0.881. The third kappa shape index (κ3) is 3.61. The van der Waals surface area contributed by atoms with Crippen LogP contribution in [-0.4, -0.2) is 49.1 Å². The summed E-state index contributed by atoms with van der Waals surface area (Å²) in [7, 11) is 3.35. The molecule has 19 heavy (non-hydrogen) atoms. The van der Waals surface area contributed by atoms with Crippen molar-refractivity contribution in [2.75, 3.05) is 37.8 Å². The summed E-state index contributed by atoms with van der Waals surface area (Å²) in [5.74, 6) is -1.08. The molecule has 104 valence electrons. The van der Waals surface area contributed by atoms with Gasteiger partial charge in [0.15, 0.2) is 0 Å². The van der Waals surface area contributed by atoms with Crippen molar-refractivity contribution in [1.82, 2.24) is 4.90 Å². The number of nitrogens with two attached hydrogens (primary N) is 1. The molecule has 0 aliphatic rings. The molecular weight excluding hydrogens is 246 g/mol. The maximum atomic E-state index is 11.7. The fourth-order valence-corrected chi connectivity index (χ4v) is 1.62. The largest absolute Gasteiger partial charge is 0.478 e. The van der Waals surface area contributed by atoms with Crippen LogP contribution in [0.25, 0.3) is 0 Å². The van der Waals surface area contributed by atoms with Gasteiger partial charge in [0.25, 0.3) is 0 Å². The second-order valence-electron chi connectivity index (χ2n) is 4.38. The number of hydrogen-bond acceptors (Lipinski definition) is 4. The molecule has 0 unspecified atom stereocenters. The minimum absolute atomic E-state index is 0.0676. The van der Waals surface area contributed by atoms with Crippen molar-refractivity contribution in [3.63, 3.8) is 0 Å². The van der Waals surface area contributed by atoms with Crippen LogP contribution in [0.5, 0.6) is 0 Å². The number of carbonyl (C=O) groups excluding carboxylic acids is 1. The number of hydrogen-bond donors (Lipinski definition) is 2. The molecular formula is C13H19N3O3. The van der Waals surface area contributed by atoms with Crippen LogP contribution >= 0.6 is 0 Å². The van der Waals surface area contributed by atoms with Crippen LogP contribution in [0.15, 0.2) is 18.2 Å². The van der Waals surface area contributed by atoms with Crippen LogP contribution in [0.1, 0.15) is 17.3 Å². The van der Waals surface area contributed by atoms with Gasteiger partial charge in [-0.25, -0.2) is 4.79 Å². The Hall–Kier alpha value is -2.24. The molecule has 6 nitrogen and oxygen atoms in total. The summed E-state index contributed by atoms with van der Waals surface area (Å²) in [5.41, 5.74) is 7.04. The normalized spacial score (nSPS) is 10.1. The molecule has 1 rings (SSSR count). The summed E-state index contributed by atoms with van der Waals surface area (Å²) >= 11 is 0. The zero-order chi connectivity index (χ0) is 14.6. The average Bonchev–Trinajstić information content (AvgIpc) is 2.36. The second-order valence-corrected chi connectivity index (χ2v) is 4.38. The van der Waals surface area contributed by atoms with Gasteiger partial charge in [-0.2, -0.15) is 0 Å². The minimum atomic E-state index is -1.02. The lowest BCUT2D eigenvalue weighted by Crippen LogP contribution is -2.37. The zero-order valence-electron chi connectivity index (χ0n) is 11.4. The van der Waals surface area contributed by atoms with Gasteiger partial charge in [-0.05, 0) is 25.1 Å². The summed E-state index contributed by atoms with van der Waals surface area (Å²) < 4.78 is 0. The van der Waals surface area contributed by atoms with Gasteiger partial charge in [0.2, 0.25) is 5.91 Å². The monoisotopic (exact) mass is 265 g/mol. The van der Waals surface area contributed by atoms with Gasteiger partial charge in [0.05, 0.1) is 23.5 Å². The quantitative estimate of drug-likeness (QED) is 0.772. The van der Waals surface area contributed by atoms with E-state index >= 15 is 0 Å². The van der Waals surface area contributed by atoms with Gasteiger partial charge in [-0.3, -0.25) is 4.79 Å². The van der Waals surface area contributed by atoms with Crippen molar-refractivity contribution in [1.29, 1.82) is 0 Å². The molecule has 0 radical (unpaired) electrons. The molecule has 1 amide bonds. The number of carbonyl (C=O) groups is 2. The molecule has 3 N–H and O–H groups in total. The summed E-state index contributed by atoms with van der Waals surface area (Å²) in [5, 5.41) is 8.99. The van der Waals surface area contributed by atoms with Gasteiger partial charge in [0, 0.05) is 20.6 Å². The molecule has 0 atom stereocenters. The average molecular weight is 265 g/mol. The van der Waals surface area contributed by atoms with Crippen LogP contribution in [0.2, 0.25) is 0 Å². The fourth-order valence-electron chi connectivity index (χ4n) is 1.62. The highest BCUT2D eigenvalue weighted by Gasteiger charge is 2.15. The SMILES string of the molecule is CCN(CC(=O)N(C)C)c1cc(C(=O)O)ccc1N. The van der Waals surface area contributed by atoms with Crippen LogP contribution in [0, 0.1) is 0 Å². The Labute approximate surface area is 112 Å². The van der Waals surface area contributed by atoms with E-state index < -0.39 is 5.97 Å². The van der Waals surface area contributed by atoms with Crippen LogP contribution < -0.4 is 10.6 Å². The Morgan fingerprint density at radius 2 is 1.95 bits per heavy atom. The van der Waals surface area contributed by atoms with Crippen molar-refractivity contribution >= 4 is 23.3 Å². The standard InChI is InChI=1S/C13H19N3O3/c1-4-16(8-12(17)15(2)3)11-7-9(13(18)19)5-6-10(11)14/h5-7H,4,8,14H2,1-3H3,(H,18,19). The number of likely N-dealkylation sites (N-methyl/N-ethyl adjacent to an activating group) is 2. The maximum absolute atomic E-state index is 11.7. The number of benzene rings is 1. The number of nitrogens with zero attached hydrogens (tertiary/aromatic N) is 2. The van der Waals surface area contributed by atoms with E-state index in [-0.39, 0.29) is 18.0 Å². The number of carboxylic acid groups (broad SMARTS) is 1. The first-order valence-corrected chi connectivity index (χ1v) is 5.94. The van der Waals surface area contributed by atoms with Crippen LogP contribution in [0.4, 0.5) is 11.4 Å². The maximum Gasteiger partial charge on any atom is 0.335 e. The van der Waals surface area contributed by atoms with Crippen LogP contribution in [0.3, 0.4) is 0 Å².